The number of hydrogen-bond acceptors (Lipinski definition) is 6. The lowest BCUT2D eigenvalue weighted by atomic mass is 10.1. The van der Waals surface area contributed by atoms with E-state index in [0.717, 1.165) is 17.0 Å². The number of nitrogens with zero attached hydrogens (tertiary/aromatic N) is 4. The van der Waals surface area contributed by atoms with Gasteiger partial charge in [0.25, 0.3) is 0 Å². The molecule has 0 bridgehead atoms. The molecule has 196 valence electrons. The summed E-state index contributed by atoms with van der Waals surface area (Å²) in [6, 6.07) is 14.2. The van der Waals surface area contributed by atoms with Crippen molar-refractivity contribution in [1.29, 1.82) is 0 Å². The Morgan fingerprint density at radius 2 is 1.84 bits per heavy atom. The zero-order valence-electron chi connectivity index (χ0n) is 20.4. The van der Waals surface area contributed by atoms with Crippen molar-refractivity contribution in [1.82, 2.24) is 9.97 Å². The van der Waals surface area contributed by atoms with Crippen LogP contribution in [0, 0.1) is 0 Å². The Bertz CT molecular complexity index is 1510. The molecule has 0 saturated carbocycles. The van der Waals surface area contributed by atoms with E-state index < -0.39 is 24.0 Å². The number of aliphatic hydroxyl groups excluding tert-OH is 1. The molecule has 38 heavy (non-hydrogen) atoms. The third-order valence-corrected chi connectivity index (χ3v) is 6.28. The van der Waals surface area contributed by atoms with E-state index in [9.17, 15) is 23.1 Å². The zero-order valence-corrected chi connectivity index (χ0v) is 20.4. The van der Waals surface area contributed by atoms with Crippen LogP contribution in [0.15, 0.2) is 67.0 Å². The number of carbonyl (C=O) groups excluding carboxylic acids is 1. The maximum absolute atomic E-state index is 13.3. The number of aryl methyl sites for hydroxylation is 1. The normalized spacial score (nSPS) is 15.8. The summed E-state index contributed by atoms with van der Waals surface area (Å²) in [6.45, 7) is 1.70. The molecule has 0 aliphatic carbocycles. The number of methoxy groups -OCH3 is 1. The SMILES string of the molecule is CCc1cc(Oc2ncnc3cc(OC)ccc23)ccc1N1C(=O)N(c2cccc(C(F)(F)F)c2)CC1O. The number of aromatic nitrogens is 2. The smallest absolute Gasteiger partial charge is 0.416 e. The maximum atomic E-state index is 13.3. The quantitative estimate of drug-likeness (QED) is 0.344. The lowest BCUT2D eigenvalue weighted by Gasteiger charge is -2.23. The molecule has 1 saturated heterocycles. The van der Waals surface area contributed by atoms with E-state index in [1.54, 1.807) is 43.5 Å². The van der Waals surface area contributed by atoms with Gasteiger partial charge in [0, 0.05) is 11.8 Å². The average molecular weight is 524 g/mol. The molecule has 8 nitrogen and oxygen atoms in total. The first-order valence-corrected chi connectivity index (χ1v) is 11.7. The van der Waals surface area contributed by atoms with Gasteiger partial charge < -0.3 is 14.6 Å². The van der Waals surface area contributed by atoms with E-state index in [1.165, 1.54) is 23.4 Å². The van der Waals surface area contributed by atoms with Gasteiger partial charge in [-0.15, -0.1) is 0 Å². The number of fused-ring (bicyclic) bond motifs is 1. The number of benzene rings is 3. The molecular formula is C27H23F3N4O4. The van der Waals surface area contributed by atoms with Gasteiger partial charge in [0.1, 0.15) is 17.8 Å². The van der Waals surface area contributed by atoms with Gasteiger partial charge in [-0.1, -0.05) is 13.0 Å². The van der Waals surface area contributed by atoms with E-state index in [4.69, 9.17) is 9.47 Å². The number of β-amino-alcohol motifs (C(OH)–C–C–N with tert-alkyl or cyclic N) is 1. The molecule has 1 aromatic heterocycles. The van der Waals surface area contributed by atoms with Crippen LogP contribution >= 0.6 is 0 Å². The van der Waals surface area contributed by atoms with Gasteiger partial charge in [-0.25, -0.2) is 14.8 Å². The molecule has 1 N–H and O–H groups in total. The molecule has 0 spiro atoms. The molecule has 1 unspecified atom stereocenters. The third kappa shape index (κ3) is 4.68. The molecule has 5 rings (SSSR count). The Balaban J connectivity index is 1.43. The number of urea groups is 1. The number of rotatable bonds is 6. The molecule has 2 amide bonds. The summed E-state index contributed by atoms with van der Waals surface area (Å²) in [5.74, 6) is 1.44. The molecule has 4 aromatic rings. The van der Waals surface area contributed by atoms with E-state index in [0.29, 0.717) is 46.0 Å². The molecule has 3 aromatic carbocycles. The Morgan fingerprint density at radius 3 is 2.58 bits per heavy atom. The van der Waals surface area contributed by atoms with E-state index in [2.05, 4.69) is 9.97 Å². The van der Waals surface area contributed by atoms with Gasteiger partial charge in [0.05, 0.1) is 35.8 Å². The summed E-state index contributed by atoms with van der Waals surface area (Å²) >= 11 is 0. The Morgan fingerprint density at radius 1 is 1.05 bits per heavy atom. The molecule has 1 aliphatic rings. The highest BCUT2D eigenvalue weighted by Gasteiger charge is 2.40. The molecule has 1 fully saturated rings. The molecule has 2 heterocycles. The van der Waals surface area contributed by atoms with Gasteiger partial charge in [0.2, 0.25) is 5.88 Å². The van der Waals surface area contributed by atoms with Crippen LogP contribution in [0.2, 0.25) is 0 Å². The second-order valence-corrected chi connectivity index (χ2v) is 8.60. The maximum Gasteiger partial charge on any atom is 0.416 e. The monoisotopic (exact) mass is 524 g/mol. The van der Waals surface area contributed by atoms with Gasteiger partial charge >= 0.3 is 12.2 Å². The second-order valence-electron chi connectivity index (χ2n) is 8.60. The Hall–Kier alpha value is -4.38. The summed E-state index contributed by atoms with van der Waals surface area (Å²) < 4.78 is 50.9. The van der Waals surface area contributed by atoms with Crippen molar-refractivity contribution in [2.45, 2.75) is 25.7 Å². The van der Waals surface area contributed by atoms with E-state index in [-0.39, 0.29) is 12.2 Å². The summed E-state index contributed by atoms with van der Waals surface area (Å²) in [5.41, 5.74) is 0.950. The number of alkyl halides is 3. The van der Waals surface area contributed by atoms with Gasteiger partial charge in [-0.3, -0.25) is 9.80 Å². The van der Waals surface area contributed by atoms with Gasteiger partial charge in [-0.05, 0) is 60.5 Å². The average Bonchev–Trinajstić information content (AvgIpc) is 3.21. The van der Waals surface area contributed by atoms with Crippen LogP contribution in [0.1, 0.15) is 18.1 Å². The van der Waals surface area contributed by atoms with E-state index in [1.807, 2.05) is 6.92 Å². The fourth-order valence-corrected chi connectivity index (χ4v) is 4.39. The highest BCUT2D eigenvalue weighted by molar-refractivity contribution is 6.07. The number of ether oxygens (including phenoxy) is 2. The molecule has 0 radical (unpaired) electrons. The van der Waals surface area contributed by atoms with Crippen LogP contribution in [0.5, 0.6) is 17.4 Å². The van der Waals surface area contributed by atoms with Crippen LogP contribution in [-0.4, -0.2) is 41.0 Å². The zero-order chi connectivity index (χ0) is 27.0. The fourth-order valence-electron chi connectivity index (χ4n) is 4.39. The summed E-state index contributed by atoms with van der Waals surface area (Å²) in [4.78, 5) is 24.1. The van der Waals surface area contributed by atoms with Crippen LogP contribution in [0.25, 0.3) is 10.9 Å². The van der Waals surface area contributed by atoms with E-state index >= 15 is 0 Å². The predicted octanol–water partition coefficient (Wildman–Crippen LogP) is 5.78. The summed E-state index contributed by atoms with van der Waals surface area (Å²) in [6.07, 6.45) is -3.93. The van der Waals surface area contributed by atoms with Crippen molar-refractivity contribution in [3.05, 3.63) is 78.1 Å². The third-order valence-electron chi connectivity index (χ3n) is 6.28. The van der Waals surface area contributed by atoms with Crippen molar-refractivity contribution in [2.24, 2.45) is 0 Å². The minimum Gasteiger partial charge on any atom is -0.497 e. The Kier molecular flexibility index (Phi) is 6.53. The summed E-state index contributed by atoms with van der Waals surface area (Å²) in [5, 5.41) is 11.4. The number of aliphatic hydroxyl groups is 1. The summed E-state index contributed by atoms with van der Waals surface area (Å²) in [7, 11) is 1.56. The largest absolute Gasteiger partial charge is 0.497 e. The Labute approximate surface area is 215 Å². The first-order valence-electron chi connectivity index (χ1n) is 11.7. The van der Waals surface area contributed by atoms with Crippen molar-refractivity contribution in [2.75, 3.05) is 23.5 Å². The number of halogens is 3. The van der Waals surface area contributed by atoms with Gasteiger partial charge in [-0.2, -0.15) is 13.2 Å². The molecule has 1 aliphatic heterocycles. The van der Waals surface area contributed by atoms with Gasteiger partial charge in [0.15, 0.2) is 6.23 Å². The first-order chi connectivity index (χ1) is 18.2. The number of hydrogen-bond donors (Lipinski definition) is 1. The van der Waals surface area contributed by atoms with Crippen LogP contribution in [-0.2, 0) is 12.6 Å². The molecule has 11 heteroatoms. The molecule has 1 atom stereocenters. The molecular weight excluding hydrogens is 501 g/mol. The lowest BCUT2D eigenvalue weighted by Crippen LogP contribution is -2.35. The van der Waals surface area contributed by atoms with Crippen LogP contribution in [0.3, 0.4) is 0 Å². The van der Waals surface area contributed by atoms with Crippen molar-refractivity contribution < 1.29 is 32.5 Å². The van der Waals surface area contributed by atoms with Crippen LogP contribution in [0.4, 0.5) is 29.3 Å². The number of anilines is 2. The number of amides is 2. The predicted molar refractivity (Wildman–Crippen MR) is 135 cm³/mol. The minimum absolute atomic E-state index is 0.0525. The standard InChI is InChI=1S/C27H23F3N4O4/c1-3-16-11-20(38-25-21-9-7-19(37-2)13-22(21)31-15-32-25)8-10-23(16)34-24(35)14-33(26(34)36)18-6-4-5-17(12-18)27(28,29)30/h4-13,15,24,35H,3,14H2,1-2H3. The topological polar surface area (TPSA) is 88.0 Å². The van der Waals surface area contributed by atoms with Crippen molar-refractivity contribution in [3.8, 4) is 17.4 Å². The fraction of sp³-hybridized carbons (Fsp3) is 0.222. The van der Waals surface area contributed by atoms with Crippen LogP contribution < -0.4 is 19.3 Å². The van der Waals surface area contributed by atoms with Crippen molar-refractivity contribution >= 4 is 28.3 Å². The first kappa shape index (κ1) is 25.3. The minimum atomic E-state index is -4.55. The highest BCUT2D eigenvalue weighted by atomic mass is 19.4. The second kappa shape index (κ2) is 9.82. The van der Waals surface area contributed by atoms with Crippen molar-refractivity contribution in [3.63, 3.8) is 0 Å². The number of carbonyl (C=O) groups is 1. The highest BCUT2D eigenvalue weighted by Crippen LogP contribution is 2.37. The lowest BCUT2D eigenvalue weighted by molar-refractivity contribution is -0.137.